The summed E-state index contributed by atoms with van der Waals surface area (Å²) in [6.07, 6.45) is 2.25. The summed E-state index contributed by atoms with van der Waals surface area (Å²) in [7, 11) is 0. The second-order valence-electron chi connectivity index (χ2n) is 7.14. The third kappa shape index (κ3) is 4.72. The quantitative estimate of drug-likeness (QED) is 0.608. The Morgan fingerprint density at radius 1 is 1.21 bits per heavy atom. The maximum absolute atomic E-state index is 11.1. The van der Waals surface area contributed by atoms with Gasteiger partial charge in [0.05, 0.1) is 35.5 Å². The average molecular weight is 410 g/mol. The van der Waals surface area contributed by atoms with Crippen molar-refractivity contribution in [1.29, 1.82) is 0 Å². The maximum Gasteiger partial charge on any atom is 0.335 e. The first-order chi connectivity index (χ1) is 14.1. The lowest BCUT2D eigenvalue weighted by Crippen LogP contribution is -2.25. The molecule has 0 unspecified atom stereocenters. The molecule has 1 aliphatic rings. The van der Waals surface area contributed by atoms with E-state index >= 15 is 0 Å². The van der Waals surface area contributed by atoms with Crippen LogP contribution < -0.4 is 0 Å². The molecule has 0 saturated carbocycles. The standard InChI is InChI=1S/C23H23NO4S/c1-15-22(29-21(24-15)14-28-20-6-3-11-27-13-20)19-5-2-4-18(12-19)16-7-9-17(10-8-16)23(25)26/h2,4-5,7-10,12,20H,3,6,11,13-14H2,1H3,(H,25,26)/t20-/m1/s1. The van der Waals surface area contributed by atoms with Gasteiger partial charge in [0.15, 0.2) is 0 Å². The number of hydrogen-bond acceptors (Lipinski definition) is 5. The molecule has 4 rings (SSSR count). The predicted molar refractivity (Wildman–Crippen MR) is 113 cm³/mol. The highest BCUT2D eigenvalue weighted by Gasteiger charge is 2.16. The van der Waals surface area contributed by atoms with Crippen LogP contribution in [0, 0.1) is 6.92 Å². The van der Waals surface area contributed by atoms with Crippen molar-refractivity contribution in [3.63, 3.8) is 0 Å². The minimum absolute atomic E-state index is 0.161. The molecule has 1 atom stereocenters. The van der Waals surface area contributed by atoms with E-state index in [0.29, 0.717) is 13.2 Å². The number of ether oxygens (including phenoxy) is 2. The molecule has 1 aliphatic heterocycles. The number of carboxylic acids is 1. The first-order valence-electron chi connectivity index (χ1n) is 9.70. The van der Waals surface area contributed by atoms with Gasteiger partial charge in [-0.25, -0.2) is 9.78 Å². The van der Waals surface area contributed by atoms with Gasteiger partial charge >= 0.3 is 5.97 Å². The van der Waals surface area contributed by atoms with Gasteiger partial charge < -0.3 is 14.6 Å². The predicted octanol–water partition coefficient (Wildman–Crippen LogP) is 5.18. The Morgan fingerprint density at radius 3 is 2.72 bits per heavy atom. The summed E-state index contributed by atoms with van der Waals surface area (Å²) in [4.78, 5) is 16.9. The number of aryl methyl sites for hydroxylation is 1. The Morgan fingerprint density at radius 2 is 2.00 bits per heavy atom. The Kier molecular flexibility index (Phi) is 6.04. The fraction of sp³-hybridized carbons (Fsp3) is 0.304. The van der Waals surface area contributed by atoms with Gasteiger partial charge in [0.2, 0.25) is 0 Å². The summed E-state index contributed by atoms with van der Waals surface area (Å²) in [6.45, 7) is 4.03. The van der Waals surface area contributed by atoms with Gasteiger partial charge in [-0.05, 0) is 54.7 Å². The molecule has 5 nitrogen and oxygen atoms in total. The van der Waals surface area contributed by atoms with E-state index in [1.165, 1.54) is 0 Å². The number of nitrogens with zero attached hydrogens (tertiary/aromatic N) is 1. The number of aromatic carboxylic acids is 1. The monoisotopic (exact) mass is 409 g/mol. The van der Waals surface area contributed by atoms with Crippen LogP contribution in [0.5, 0.6) is 0 Å². The molecule has 1 fully saturated rings. The average Bonchev–Trinajstić information content (AvgIpc) is 3.14. The largest absolute Gasteiger partial charge is 0.478 e. The van der Waals surface area contributed by atoms with Crippen molar-refractivity contribution in [2.45, 2.75) is 32.5 Å². The number of thiazole rings is 1. The van der Waals surface area contributed by atoms with Gasteiger partial charge in [0.25, 0.3) is 0 Å². The third-order valence-corrected chi connectivity index (χ3v) is 6.17. The summed E-state index contributed by atoms with van der Waals surface area (Å²) in [6, 6.07) is 15.2. The first-order valence-corrected chi connectivity index (χ1v) is 10.5. The summed E-state index contributed by atoms with van der Waals surface area (Å²) in [5.41, 5.74) is 4.42. The van der Waals surface area contributed by atoms with E-state index in [-0.39, 0.29) is 11.7 Å². The zero-order valence-corrected chi connectivity index (χ0v) is 17.1. The van der Waals surface area contributed by atoms with Gasteiger partial charge in [-0.3, -0.25) is 0 Å². The molecule has 29 heavy (non-hydrogen) atoms. The van der Waals surface area contributed by atoms with Crippen molar-refractivity contribution in [2.24, 2.45) is 0 Å². The molecule has 0 aliphatic carbocycles. The smallest absolute Gasteiger partial charge is 0.335 e. The summed E-state index contributed by atoms with van der Waals surface area (Å²) < 4.78 is 11.4. The molecule has 1 N–H and O–H groups in total. The van der Waals surface area contributed by atoms with Gasteiger partial charge in [-0.2, -0.15) is 0 Å². The lowest BCUT2D eigenvalue weighted by molar-refractivity contribution is -0.0569. The normalized spacial score (nSPS) is 16.7. The highest BCUT2D eigenvalue weighted by Crippen LogP contribution is 2.33. The van der Waals surface area contributed by atoms with E-state index in [9.17, 15) is 4.79 Å². The van der Waals surface area contributed by atoms with Crippen LogP contribution in [-0.4, -0.2) is 35.4 Å². The van der Waals surface area contributed by atoms with Crippen LogP contribution in [0.4, 0.5) is 0 Å². The molecule has 6 heteroatoms. The molecule has 2 heterocycles. The van der Waals surface area contributed by atoms with E-state index in [1.807, 2.05) is 31.2 Å². The number of aromatic nitrogens is 1. The topological polar surface area (TPSA) is 68.7 Å². The first kappa shape index (κ1) is 19.8. The zero-order chi connectivity index (χ0) is 20.2. The molecule has 0 spiro atoms. The second kappa shape index (κ2) is 8.86. The molecule has 2 aromatic carbocycles. The van der Waals surface area contributed by atoms with E-state index in [1.54, 1.807) is 23.5 Å². The van der Waals surface area contributed by atoms with Crippen LogP contribution in [0.1, 0.15) is 33.9 Å². The maximum atomic E-state index is 11.1. The number of hydrogen-bond donors (Lipinski definition) is 1. The van der Waals surface area contributed by atoms with E-state index in [0.717, 1.165) is 51.7 Å². The van der Waals surface area contributed by atoms with Crippen LogP contribution in [0.2, 0.25) is 0 Å². The Balaban J connectivity index is 1.51. The fourth-order valence-electron chi connectivity index (χ4n) is 3.46. The molecule has 0 radical (unpaired) electrons. The second-order valence-corrected chi connectivity index (χ2v) is 8.22. The van der Waals surface area contributed by atoms with Crippen molar-refractivity contribution in [1.82, 2.24) is 4.98 Å². The Hall–Kier alpha value is -2.54. The SMILES string of the molecule is Cc1nc(CO[C@@H]2CCCOC2)sc1-c1cccc(-c2ccc(C(=O)O)cc2)c1. The molecule has 0 bridgehead atoms. The van der Waals surface area contributed by atoms with Crippen molar-refractivity contribution >= 4 is 17.3 Å². The molecule has 0 amide bonds. The summed E-state index contributed by atoms with van der Waals surface area (Å²) in [5.74, 6) is -0.917. The van der Waals surface area contributed by atoms with Crippen LogP contribution in [-0.2, 0) is 16.1 Å². The number of carbonyl (C=O) groups is 1. The lowest BCUT2D eigenvalue weighted by atomic mass is 10.0. The van der Waals surface area contributed by atoms with Gasteiger partial charge in [-0.15, -0.1) is 11.3 Å². The zero-order valence-electron chi connectivity index (χ0n) is 16.3. The van der Waals surface area contributed by atoms with Gasteiger partial charge in [0.1, 0.15) is 5.01 Å². The molecule has 3 aromatic rings. The van der Waals surface area contributed by atoms with Crippen LogP contribution in [0.15, 0.2) is 48.5 Å². The summed E-state index contributed by atoms with van der Waals surface area (Å²) in [5, 5.41) is 10.0. The van der Waals surface area contributed by atoms with Crippen molar-refractivity contribution < 1.29 is 19.4 Å². The number of carboxylic acid groups (broad SMARTS) is 1. The van der Waals surface area contributed by atoms with Gasteiger partial charge in [-0.1, -0.05) is 30.3 Å². The summed E-state index contributed by atoms with van der Waals surface area (Å²) >= 11 is 1.66. The van der Waals surface area contributed by atoms with Gasteiger partial charge in [0, 0.05) is 6.61 Å². The number of rotatable bonds is 6. The minimum atomic E-state index is -0.917. The van der Waals surface area contributed by atoms with Crippen LogP contribution in [0.3, 0.4) is 0 Å². The van der Waals surface area contributed by atoms with Crippen LogP contribution >= 0.6 is 11.3 Å². The molecule has 1 saturated heterocycles. The molecule has 1 aromatic heterocycles. The highest BCUT2D eigenvalue weighted by atomic mass is 32.1. The van der Waals surface area contributed by atoms with Crippen molar-refractivity contribution in [3.8, 4) is 21.6 Å². The van der Waals surface area contributed by atoms with E-state index in [4.69, 9.17) is 19.6 Å². The van der Waals surface area contributed by atoms with E-state index < -0.39 is 5.97 Å². The lowest BCUT2D eigenvalue weighted by Gasteiger charge is -2.21. The highest BCUT2D eigenvalue weighted by molar-refractivity contribution is 7.15. The molecular weight excluding hydrogens is 386 g/mol. The molecular formula is C23H23NO4S. The Bertz CT molecular complexity index is 990. The minimum Gasteiger partial charge on any atom is -0.478 e. The van der Waals surface area contributed by atoms with E-state index in [2.05, 4.69) is 12.1 Å². The van der Waals surface area contributed by atoms with Crippen molar-refractivity contribution in [3.05, 3.63) is 64.8 Å². The Labute approximate surface area is 174 Å². The van der Waals surface area contributed by atoms with Crippen molar-refractivity contribution in [2.75, 3.05) is 13.2 Å². The van der Waals surface area contributed by atoms with Crippen LogP contribution in [0.25, 0.3) is 21.6 Å². The fourth-order valence-corrected chi connectivity index (χ4v) is 4.44. The third-order valence-electron chi connectivity index (χ3n) is 4.99. The number of benzene rings is 2. The molecule has 150 valence electrons.